The summed E-state index contributed by atoms with van der Waals surface area (Å²) in [6.45, 7) is 15.5. The summed E-state index contributed by atoms with van der Waals surface area (Å²) in [7, 11) is 0. The molecule has 0 saturated heterocycles. The zero-order chi connectivity index (χ0) is 30.9. The maximum absolute atomic E-state index is 7.72. The fourth-order valence-electron chi connectivity index (χ4n) is 5.06. The maximum atomic E-state index is 7.72. The molecular formula is C39H38IrN2-2. The Bertz CT molecular complexity index is 1920. The molecule has 0 spiro atoms. The summed E-state index contributed by atoms with van der Waals surface area (Å²) in [5.41, 5.74) is 7.91. The molecule has 42 heavy (non-hydrogen) atoms. The molecule has 0 bridgehead atoms. The molecule has 0 aliphatic heterocycles. The predicted octanol–water partition coefficient (Wildman–Crippen LogP) is 10.3. The van der Waals surface area contributed by atoms with Gasteiger partial charge in [-0.3, -0.25) is 0 Å². The fraction of sp³-hybridized carbons (Fsp3) is 0.231. The summed E-state index contributed by atoms with van der Waals surface area (Å²) >= 11 is 0. The van der Waals surface area contributed by atoms with E-state index >= 15 is 0 Å². The number of rotatable bonds is 2. The van der Waals surface area contributed by atoms with Crippen LogP contribution in [0.2, 0.25) is 0 Å². The van der Waals surface area contributed by atoms with E-state index in [0.717, 1.165) is 44.1 Å². The van der Waals surface area contributed by atoms with Gasteiger partial charge < -0.3 is 9.97 Å². The van der Waals surface area contributed by atoms with E-state index < -0.39 is 0 Å². The minimum absolute atomic E-state index is 0. The van der Waals surface area contributed by atoms with Gasteiger partial charge in [-0.2, -0.15) is 0 Å². The van der Waals surface area contributed by atoms with Crippen molar-refractivity contribution >= 4 is 21.5 Å². The summed E-state index contributed by atoms with van der Waals surface area (Å²) in [5.74, 6) is 0. The molecule has 2 aromatic heterocycles. The Kier molecular flexibility index (Phi) is 8.60. The van der Waals surface area contributed by atoms with Crippen LogP contribution in [0.25, 0.3) is 44.1 Å². The molecule has 2 heterocycles. The third-order valence-corrected chi connectivity index (χ3v) is 7.36. The van der Waals surface area contributed by atoms with Gasteiger partial charge in [0.2, 0.25) is 0 Å². The quantitative estimate of drug-likeness (QED) is 0.131. The SMILES string of the molecule is Cc1cc(-c2ccc(C(C)(C)C)cn2)[c-]cc1C(C)(C)C.[2H]c1ccnc(-c2[c-]cc3c(ccc4cc([2H])ccc43)c2)c1.[Ir]. The van der Waals surface area contributed by atoms with Gasteiger partial charge in [-0.05, 0) is 39.2 Å². The Labute approximate surface area is 267 Å². The predicted molar refractivity (Wildman–Crippen MR) is 174 cm³/mol. The van der Waals surface area contributed by atoms with Gasteiger partial charge in [-0.1, -0.05) is 120 Å². The largest absolute Gasteiger partial charge is 0.305 e. The van der Waals surface area contributed by atoms with Gasteiger partial charge in [0, 0.05) is 32.5 Å². The molecule has 215 valence electrons. The maximum Gasteiger partial charge on any atom is 0.0623 e. The third kappa shape index (κ3) is 7.04. The molecule has 0 N–H and O–H groups in total. The third-order valence-electron chi connectivity index (χ3n) is 7.36. The van der Waals surface area contributed by atoms with Gasteiger partial charge in [-0.25, -0.2) is 0 Å². The molecule has 0 aliphatic rings. The average Bonchev–Trinajstić information content (AvgIpc) is 2.96. The number of hydrogen-bond acceptors (Lipinski definition) is 2. The van der Waals surface area contributed by atoms with Crippen molar-refractivity contribution in [2.45, 2.75) is 59.3 Å². The first-order valence-corrected chi connectivity index (χ1v) is 14.1. The van der Waals surface area contributed by atoms with E-state index in [1.165, 1.54) is 16.7 Å². The molecule has 0 fully saturated rings. The normalized spacial score (nSPS) is 12.2. The number of hydrogen-bond donors (Lipinski definition) is 0. The molecule has 2 nitrogen and oxygen atoms in total. The van der Waals surface area contributed by atoms with Gasteiger partial charge in [0.15, 0.2) is 0 Å². The molecule has 0 aliphatic carbocycles. The van der Waals surface area contributed by atoms with Crippen LogP contribution < -0.4 is 0 Å². The van der Waals surface area contributed by atoms with E-state index in [4.69, 9.17) is 2.74 Å². The summed E-state index contributed by atoms with van der Waals surface area (Å²) in [6.07, 6.45) is 3.63. The van der Waals surface area contributed by atoms with E-state index in [2.05, 4.69) is 101 Å². The first kappa shape index (κ1) is 28.5. The minimum atomic E-state index is 0. The monoisotopic (exact) mass is 729 g/mol. The van der Waals surface area contributed by atoms with Crippen LogP contribution in [-0.2, 0) is 30.9 Å². The van der Waals surface area contributed by atoms with Crippen molar-refractivity contribution in [2.75, 3.05) is 0 Å². The van der Waals surface area contributed by atoms with Crippen molar-refractivity contribution in [3.63, 3.8) is 0 Å². The van der Waals surface area contributed by atoms with E-state index in [-0.39, 0.29) is 30.9 Å². The average molecular weight is 729 g/mol. The second kappa shape index (κ2) is 12.7. The molecule has 0 amide bonds. The summed E-state index contributed by atoms with van der Waals surface area (Å²) in [4.78, 5) is 8.93. The standard InChI is InChI=1S/C20H26N.C19H12N.Ir/c1-14-12-15(8-10-17(14)20(5,6)7)18-11-9-16(13-21-18)19(2,3)4;1-2-6-17-14(5-1)8-9-15-13-16(10-11-18(15)17)19-7-3-4-12-20-19;/h9-13H,1-7H3;1-9,11-13H;/q2*-1;/i;1D,3D;. The topological polar surface area (TPSA) is 25.8 Å². The smallest absolute Gasteiger partial charge is 0.0623 e. The van der Waals surface area contributed by atoms with Crippen molar-refractivity contribution in [3.05, 3.63) is 132 Å². The van der Waals surface area contributed by atoms with Gasteiger partial charge in [0.25, 0.3) is 0 Å². The van der Waals surface area contributed by atoms with Gasteiger partial charge in [0.05, 0.1) is 2.74 Å². The molecule has 0 saturated carbocycles. The molecule has 4 aromatic carbocycles. The number of nitrogens with zero attached hydrogens (tertiary/aromatic N) is 2. The van der Waals surface area contributed by atoms with Crippen molar-refractivity contribution in [3.8, 4) is 22.5 Å². The molecule has 6 rings (SSSR count). The number of pyridine rings is 2. The Hall–Kier alpha value is -3.65. The van der Waals surface area contributed by atoms with Gasteiger partial charge >= 0.3 is 0 Å². The minimum Gasteiger partial charge on any atom is -0.305 e. The van der Waals surface area contributed by atoms with Crippen molar-refractivity contribution in [1.29, 1.82) is 0 Å². The number of fused-ring (bicyclic) bond motifs is 3. The summed E-state index contributed by atoms with van der Waals surface area (Å²) < 4.78 is 15.4. The number of benzene rings is 4. The van der Waals surface area contributed by atoms with Crippen LogP contribution in [0.5, 0.6) is 0 Å². The van der Waals surface area contributed by atoms with Gasteiger partial charge in [-0.15, -0.1) is 64.0 Å². The van der Waals surface area contributed by atoms with E-state index in [9.17, 15) is 0 Å². The molecule has 0 unspecified atom stereocenters. The van der Waals surface area contributed by atoms with Crippen molar-refractivity contribution in [2.24, 2.45) is 0 Å². The van der Waals surface area contributed by atoms with Crippen molar-refractivity contribution in [1.82, 2.24) is 9.97 Å². The first-order valence-electron chi connectivity index (χ1n) is 15.1. The Morgan fingerprint density at radius 3 is 2.02 bits per heavy atom. The van der Waals surface area contributed by atoms with E-state index in [1.54, 1.807) is 24.4 Å². The Morgan fingerprint density at radius 2 is 1.36 bits per heavy atom. The molecule has 0 atom stereocenters. The first-order chi connectivity index (χ1) is 20.3. The zero-order valence-electron chi connectivity index (χ0n) is 27.4. The molecular weight excluding hydrogens is 689 g/mol. The Balaban J connectivity index is 0.000000197. The van der Waals surface area contributed by atoms with Crippen molar-refractivity contribution < 1.29 is 22.8 Å². The van der Waals surface area contributed by atoms with Crippen LogP contribution in [0.1, 0.15) is 61.0 Å². The molecule has 1 radical (unpaired) electrons. The number of aryl methyl sites for hydroxylation is 1. The van der Waals surface area contributed by atoms with E-state index in [0.29, 0.717) is 12.1 Å². The van der Waals surface area contributed by atoms with Crippen LogP contribution in [0.3, 0.4) is 0 Å². The van der Waals surface area contributed by atoms with Crippen LogP contribution >= 0.6 is 0 Å². The summed E-state index contributed by atoms with van der Waals surface area (Å²) in [6, 6.07) is 33.4. The fourth-order valence-corrected chi connectivity index (χ4v) is 5.06. The van der Waals surface area contributed by atoms with Crippen LogP contribution in [0.4, 0.5) is 0 Å². The van der Waals surface area contributed by atoms with E-state index in [1.807, 2.05) is 36.5 Å². The number of aromatic nitrogens is 2. The summed E-state index contributed by atoms with van der Waals surface area (Å²) in [5, 5.41) is 4.41. The van der Waals surface area contributed by atoms with Crippen LogP contribution in [-0.4, -0.2) is 9.97 Å². The second-order valence-corrected chi connectivity index (χ2v) is 12.6. The second-order valence-electron chi connectivity index (χ2n) is 12.6. The molecule has 3 heteroatoms. The van der Waals surface area contributed by atoms with Crippen LogP contribution in [0.15, 0.2) is 103 Å². The molecule has 6 aromatic rings. The Morgan fingerprint density at radius 1 is 0.667 bits per heavy atom. The zero-order valence-corrected chi connectivity index (χ0v) is 27.8. The van der Waals surface area contributed by atoms with Gasteiger partial charge in [0.1, 0.15) is 0 Å². The van der Waals surface area contributed by atoms with Crippen LogP contribution in [0, 0.1) is 19.1 Å².